The van der Waals surface area contributed by atoms with Gasteiger partial charge in [-0.25, -0.2) is 0 Å². The molecular formula is C59H105N2O6P. The molecule has 0 fully saturated rings. The number of phosphoric ester groups is 1. The fourth-order valence-electron chi connectivity index (χ4n) is 7.47. The van der Waals surface area contributed by atoms with Gasteiger partial charge in [-0.05, 0) is 83.5 Å². The number of nitrogens with one attached hydrogen (secondary N) is 1. The van der Waals surface area contributed by atoms with E-state index in [0.29, 0.717) is 17.4 Å². The number of amides is 1. The number of hydrogen-bond donors (Lipinski definition) is 2. The van der Waals surface area contributed by atoms with Crippen molar-refractivity contribution in [2.75, 3.05) is 40.9 Å². The predicted octanol–water partition coefficient (Wildman–Crippen LogP) is 16.0. The first-order valence-electron chi connectivity index (χ1n) is 27.6. The Hall–Kier alpha value is -2.58. The van der Waals surface area contributed by atoms with Gasteiger partial charge < -0.3 is 28.8 Å². The smallest absolute Gasteiger partial charge is 0.268 e. The van der Waals surface area contributed by atoms with Crippen LogP contribution in [-0.2, 0) is 18.4 Å². The van der Waals surface area contributed by atoms with E-state index in [-0.39, 0.29) is 12.5 Å². The highest BCUT2D eigenvalue weighted by atomic mass is 31.2. The Kier molecular flexibility index (Phi) is 47.5. The van der Waals surface area contributed by atoms with E-state index >= 15 is 0 Å². The molecule has 0 aliphatic rings. The Balaban J connectivity index is 4.37. The summed E-state index contributed by atoms with van der Waals surface area (Å²) < 4.78 is 23.3. The van der Waals surface area contributed by atoms with Crippen molar-refractivity contribution < 1.29 is 32.9 Å². The van der Waals surface area contributed by atoms with E-state index < -0.39 is 26.6 Å². The standard InChI is InChI=1S/C59H105N2O6P/c1-6-8-10-12-14-16-18-20-22-24-26-28-29-30-31-33-35-37-39-41-43-45-47-49-51-53-59(63)60-57(56-67-68(64,65)66-55-54-61(3,4)5)58(62)52-50-48-46-44-42-40-38-36-34-32-27-25-23-21-19-17-15-13-11-9-7-2/h8,10,14,16,20,22,26,28,30-31,35,37,42,44,50,52,57-58,62H,6-7,9,11-13,15,17-19,21,23-25,27,29,32-34,36,38-41,43,45-49,51,53-56H2,1-5H3,(H-,60,63,64,65)/b10-8-,16-14-,22-20-,28-26-,31-30-,37-35-,44-42+,52-50+. The fourth-order valence-corrected chi connectivity index (χ4v) is 8.19. The van der Waals surface area contributed by atoms with Crippen LogP contribution in [0.4, 0.5) is 0 Å². The number of rotatable bonds is 49. The van der Waals surface area contributed by atoms with E-state index in [1.165, 1.54) is 96.3 Å². The highest BCUT2D eigenvalue weighted by Gasteiger charge is 2.23. The minimum Gasteiger partial charge on any atom is -0.756 e. The summed E-state index contributed by atoms with van der Waals surface area (Å²) in [5.74, 6) is -0.225. The second kappa shape index (κ2) is 49.4. The second-order valence-corrected chi connectivity index (χ2v) is 21.0. The molecule has 0 aromatic rings. The van der Waals surface area contributed by atoms with Crippen LogP contribution in [0, 0.1) is 0 Å². The minimum absolute atomic E-state index is 0.0147. The average Bonchev–Trinajstić information content (AvgIpc) is 3.30. The van der Waals surface area contributed by atoms with Crippen LogP contribution in [0.15, 0.2) is 97.2 Å². The first-order valence-corrected chi connectivity index (χ1v) is 29.1. The Morgan fingerprint density at radius 2 is 0.912 bits per heavy atom. The monoisotopic (exact) mass is 969 g/mol. The van der Waals surface area contributed by atoms with Crippen LogP contribution >= 0.6 is 7.82 Å². The van der Waals surface area contributed by atoms with Gasteiger partial charge in [-0.3, -0.25) is 9.36 Å². The van der Waals surface area contributed by atoms with Gasteiger partial charge in [-0.2, -0.15) is 0 Å². The van der Waals surface area contributed by atoms with Crippen LogP contribution in [0.25, 0.3) is 0 Å². The van der Waals surface area contributed by atoms with Gasteiger partial charge in [0.15, 0.2) is 0 Å². The van der Waals surface area contributed by atoms with Crippen LogP contribution in [0.3, 0.4) is 0 Å². The summed E-state index contributed by atoms with van der Waals surface area (Å²) in [6.45, 7) is 4.50. The fraction of sp³-hybridized carbons (Fsp3) is 0.712. The number of aliphatic hydroxyl groups excluding tert-OH is 1. The molecule has 0 aromatic carbocycles. The van der Waals surface area contributed by atoms with Gasteiger partial charge in [0.1, 0.15) is 13.2 Å². The molecule has 0 heterocycles. The maximum atomic E-state index is 12.9. The summed E-state index contributed by atoms with van der Waals surface area (Å²) in [6.07, 6.45) is 70.4. The van der Waals surface area contributed by atoms with Crippen molar-refractivity contribution in [1.82, 2.24) is 5.32 Å². The number of unbranched alkanes of at least 4 members (excludes halogenated alkanes) is 22. The normalized spacial score (nSPS) is 14.8. The highest BCUT2D eigenvalue weighted by Crippen LogP contribution is 2.38. The number of carbonyl (C=O) groups excluding carboxylic acids is 1. The molecule has 0 bridgehead atoms. The number of carbonyl (C=O) groups is 1. The van der Waals surface area contributed by atoms with E-state index in [4.69, 9.17) is 9.05 Å². The van der Waals surface area contributed by atoms with Gasteiger partial charge in [0.2, 0.25) is 5.91 Å². The number of hydrogen-bond acceptors (Lipinski definition) is 6. The molecule has 2 N–H and O–H groups in total. The van der Waals surface area contributed by atoms with Crippen molar-refractivity contribution in [2.45, 2.75) is 231 Å². The predicted molar refractivity (Wildman–Crippen MR) is 293 cm³/mol. The van der Waals surface area contributed by atoms with Crippen molar-refractivity contribution in [3.8, 4) is 0 Å². The van der Waals surface area contributed by atoms with Gasteiger partial charge in [0.25, 0.3) is 7.82 Å². The van der Waals surface area contributed by atoms with E-state index in [9.17, 15) is 19.4 Å². The molecule has 8 nitrogen and oxygen atoms in total. The van der Waals surface area contributed by atoms with Gasteiger partial charge in [-0.15, -0.1) is 0 Å². The molecule has 68 heavy (non-hydrogen) atoms. The zero-order valence-electron chi connectivity index (χ0n) is 44.5. The molecule has 0 rings (SSSR count). The third-order valence-electron chi connectivity index (χ3n) is 11.8. The Morgan fingerprint density at radius 1 is 0.529 bits per heavy atom. The molecule has 0 spiro atoms. The molecule has 3 unspecified atom stereocenters. The van der Waals surface area contributed by atoms with Gasteiger partial charge >= 0.3 is 0 Å². The van der Waals surface area contributed by atoms with Crippen molar-refractivity contribution in [3.05, 3.63) is 97.2 Å². The molecule has 0 saturated carbocycles. The lowest BCUT2D eigenvalue weighted by atomic mass is 10.0. The Bertz CT molecular complexity index is 1420. The quantitative estimate of drug-likeness (QED) is 0.0272. The minimum atomic E-state index is -4.62. The third-order valence-corrected chi connectivity index (χ3v) is 12.7. The summed E-state index contributed by atoms with van der Waals surface area (Å²) in [4.78, 5) is 25.5. The van der Waals surface area contributed by atoms with E-state index in [1.54, 1.807) is 6.08 Å². The SMILES string of the molecule is CC/C=C\C/C=C\C/C=C\C/C=C\C/C=C\C/C=C\CCCCCCCCC(=O)NC(COP(=O)([O-])OCC[N+](C)(C)C)C(O)/C=C/CC/C=C/CCCCCCCCCCCCCCCCC. The summed E-state index contributed by atoms with van der Waals surface area (Å²) in [7, 11) is 1.22. The van der Waals surface area contributed by atoms with Gasteiger partial charge in [0, 0.05) is 6.42 Å². The maximum absolute atomic E-state index is 12.9. The van der Waals surface area contributed by atoms with Crippen molar-refractivity contribution >= 4 is 13.7 Å². The van der Waals surface area contributed by atoms with Gasteiger partial charge in [-0.1, -0.05) is 227 Å². The third kappa shape index (κ3) is 51.3. The summed E-state index contributed by atoms with van der Waals surface area (Å²) in [5, 5.41) is 13.8. The molecule has 0 saturated heterocycles. The summed E-state index contributed by atoms with van der Waals surface area (Å²) in [6, 6.07) is -0.919. The molecule has 392 valence electrons. The lowest BCUT2D eigenvalue weighted by Crippen LogP contribution is -2.45. The van der Waals surface area contributed by atoms with Crippen molar-refractivity contribution in [1.29, 1.82) is 0 Å². The summed E-state index contributed by atoms with van der Waals surface area (Å²) >= 11 is 0. The zero-order valence-corrected chi connectivity index (χ0v) is 45.4. The highest BCUT2D eigenvalue weighted by molar-refractivity contribution is 7.45. The molecule has 0 aliphatic carbocycles. The van der Waals surface area contributed by atoms with Gasteiger partial charge in [0.05, 0.1) is 39.9 Å². The topological polar surface area (TPSA) is 108 Å². The van der Waals surface area contributed by atoms with E-state index in [2.05, 4.69) is 104 Å². The molecule has 0 aromatic heterocycles. The van der Waals surface area contributed by atoms with Crippen molar-refractivity contribution in [3.63, 3.8) is 0 Å². The van der Waals surface area contributed by atoms with Crippen LogP contribution in [0.5, 0.6) is 0 Å². The van der Waals surface area contributed by atoms with Crippen LogP contribution in [0.1, 0.15) is 219 Å². The first kappa shape index (κ1) is 65.4. The zero-order chi connectivity index (χ0) is 49.9. The van der Waals surface area contributed by atoms with Crippen molar-refractivity contribution in [2.24, 2.45) is 0 Å². The number of likely N-dealkylation sites (N-methyl/N-ethyl adjacent to an activating group) is 1. The number of quaternary nitrogens is 1. The molecular weight excluding hydrogens is 864 g/mol. The summed E-state index contributed by atoms with van der Waals surface area (Å²) in [5.41, 5.74) is 0. The van der Waals surface area contributed by atoms with E-state index in [0.717, 1.165) is 103 Å². The number of aliphatic hydroxyl groups is 1. The van der Waals surface area contributed by atoms with Crippen LogP contribution in [-0.4, -0.2) is 68.5 Å². The number of nitrogens with zero attached hydrogens (tertiary/aromatic N) is 1. The molecule has 1 amide bonds. The van der Waals surface area contributed by atoms with E-state index in [1.807, 2.05) is 27.2 Å². The largest absolute Gasteiger partial charge is 0.756 e. The average molecular weight is 969 g/mol. The van der Waals surface area contributed by atoms with Crippen LogP contribution in [0.2, 0.25) is 0 Å². The second-order valence-electron chi connectivity index (χ2n) is 19.5. The molecule has 0 radical (unpaired) electrons. The van der Waals surface area contributed by atoms with Crippen LogP contribution < -0.4 is 10.2 Å². The maximum Gasteiger partial charge on any atom is 0.268 e. The first-order chi connectivity index (χ1) is 33.0. The molecule has 3 atom stereocenters. The molecule has 9 heteroatoms. The number of phosphoric acid groups is 1. The Labute approximate surface area is 419 Å². The lowest BCUT2D eigenvalue weighted by Gasteiger charge is -2.29. The number of allylic oxidation sites excluding steroid dienone is 15. The molecule has 0 aliphatic heterocycles. The Morgan fingerprint density at radius 3 is 1.37 bits per heavy atom. The lowest BCUT2D eigenvalue weighted by molar-refractivity contribution is -0.870.